The van der Waals surface area contributed by atoms with Crippen LogP contribution in [0.3, 0.4) is 0 Å². The van der Waals surface area contributed by atoms with E-state index < -0.39 is 0 Å². The molecule has 0 aliphatic heterocycles. The van der Waals surface area contributed by atoms with Gasteiger partial charge in [-0.25, -0.2) is 0 Å². The fourth-order valence-electron chi connectivity index (χ4n) is 1.47. The summed E-state index contributed by atoms with van der Waals surface area (Å²) in [6.45, 7) is 7.61. The fraction of sp³-hybridized carbons (Fsp3) is 0.778. The third-order valence-corrected chi connectivity index (χ3v) is 2.50. The molecule has 0 nitrogen and oxygen atoms in total. The van der Waals surface area contributed by atoms with Crippen molar-refractivity contribution in [2.75, 3.05) is 0 Å². The first-order valence-corrected chi connectivity index (χ1v) is 3.88. The summed E-state index contributed by atoms with van der Waals surface area (Å²) < 4.78 is 0. The maximum atomic E-state index is 5.28. The molecule has 1 fully saturated rings. The van der Waals surface area contributed by atoms with Gasteiger partial charge in [0.1, 0.15) is 0 Å². The van der Waals surface area contributed by atoms with Crippen molar-refractivity contribution in [1.82, 2.24) is 0 Å². The quantitative estimate of drug-likeness (QED) is 0.506. The maximum Gasteiger partial charge on any atom is 0.201 e. The van der Waals surface area contributed by atoms with E-state index in [1.807, 2.05) is 0 Å². The van der Waals surface area contributed by atoms with Crippen molar-refractivity contribution in [1.29, 1.82) is 0 Å². The lowest BCUT2D eigenvalue weighted by Crippen LogP contribution is -2.22. The number of rotatable bonds is 3. The Bertz CT molecular complexity index is 94.2. The lowest BCUT2D eigenvalue weighted by atomic mass is 9.73. The van der Waals surface area contributed by atoms with Gasteiger partial charge in [-0.3, -0.25) is 0 Å². The molecule has 1 saturated carbocycles. The molecular formula is C9H15+. The lowest BCUT2D eigenvalue weighted by Gasteiger charge is -2.33. The Labute approximate surface area is 58.0 Å². The summed E-state index contributed by atoms with van der Waals surface area (Å²) in [5, 5.41) is 0. The van der Waals surface area contributed by atoms with E-state index in [1.54, 1.807) is 6.08 Å². The van der Waals surface area contributed by atoms with Gasteiger partial charge in [0.25, 0.3) is 0 Å². The average molecular weight is 123 g/mol. The second kappa shape index (κ2) is 2.98. The molecule has 0 spiro atoms. The third-order valence-electron chi connectivity index (χ3n) is 2.50. The van der Waals surface area contributed by atoms with Crippen molar-refractivity contribution < 1.29 is 0 Å². The highest BCUT2D eigenvalue weighted by atomic mass is 14.3. The zero-order chi connectivity index (χ0) is 6.69. The van der Waals surface area contributed by atoms with Crippen LogP contribution in [-0.4, -0.2) is 0 Å². The van der Waals surface area contributed by atoms with Gasteiger partial charge in [-0.2, -0.15) is 0 Å². The zero-order valence-corrected chi connectivity index (χ0v) is 6.14. The smallest absolute Gasteiger partial charge is 0.0622 e. The molecule has 0 heteroatoms. The molecule has 1 aliphatic rings. The summed E-state index contributed by atoms with van der Waals surface area (Å²) in [7, 11) is 0. The molecule has 0 amide bonds. The van der Waals surface area contributed by atoms with Crippen LogP contribution in [0.4, 0.5) is 0 Å². The van der Waals surface area contributed by atoms with Crippen LogP contribution in [-0.2, 0) is 0 Å². The van der Waals surface area contributed by atoms with Crippen molar-refractivity contribution in [2.24, 2.45) is 11.8 Å². The highest BCUT2D eigenvalue weighted by Gasteiger charge is 2.25. The molecule has 0 aromatic rings. The predicted octanol–water partition coefficient (Wildman–Crippen LogP) is 2.80. The predicted molar refractivity (Wildman–Crippen MR) is 40.0 cm³/mol. The van der Waals surface area contributed by atoms with Gasteiger partial charge in [-0.05, 0) is 24.7 Å². The Morgan fingerprint density at radius 3 is 2.67 bits per heavy atom. The first-order valence-electron chi connectivity index (χ1n) is 3.88. The summed E-state index contributed by atoms with van der Waals surface area (Å²) in [5.74, 6) is 1.97. The fourth-order valence-corrected chi connectivity index (χ4v) is 1.47. The molecule has 0 N–H and O–H groups in total. The molecule has 2 atom stereocenters. The van der Waals surface area contributed by atoms with Crippen molar-refractivity contribution in [3.05, 3.63) is 12.7 Å². The number of allylic oxidation sites excluding steroid dienone is 1. The van der Waals surface area contributed by atoms with Crippen LogP contribution in [0.25, 0.3) is 0 Å². The van der Waals surface area contributed by atoms with Gasteiger partial charge in [-0.15, -0.1) is 0 Å². The standard InChI is InChI=1S/C9H15/c1-3-4-5-9-7-6-8(9)2/h1,3,8-9H,4-7H2,2H3/q+1. The first kappa shape index (κ1) is 6.77. The molecule has 9 heavy (non-hydrogen) atoms. The summed E-state index contributed by atoms with van der Waals surface area (Å²) >= 11 is 0. The molecule has 0 saturated heterocycles. The van der Waals surface area contributed by atoms with Crippen molar-refractivity contribution in [2.45, 2.75) is 32.6 Å². The summed E-state index contributed by atoms with van der Waals surface area (Å²) in [6.07, 6.45) is 7.09. The second-order valence-corrected chi connectivity index (χ2v) is 3.13. The second-order valence-electron chi connectivity index (χ2n) is 3.13. The molecule has 0 heterocycles. The molecule has 0 aromatic carbocycles. The van der Waals surface area contributed by atoms with Gasteiger partial charge in [0.15, 0.2) is 6.08 Å². The highest BCUT2D eigenvalue weighted by Crippen LogP contribution is 2.36. The Kier molecular flexibility index (Phi) is 2.24. The third kappa shape index (κ3) is 1.53. The van der Waals surface area contributed by atoms with Crippen LogP contribution in [0.15, 0.2) is 6.08 Å². The molecule has 0 bridgehead atoms. The zero-order valence-electron chi connectivity index (χ0n) is 6.14. The van der Waals surface area contributed by atoms with E-state index in [0.29, 0.717) is 0 Å². The molecule has 1 rings (SSSR count). The first-order chi connectivity index (χ1) is 4.34. The van der Waals surface area contributed by atoms with E-state index in [0.717, 1.165) is 18.3 Å². The normalized spacial score (nSPS) is 33.3. The molecule has 2 unspecified atom stereocenters. The van der Waals surface area contributed by atoms with Crippen LogP contribution in [0.2, 0.25) is 0 Å². The lowest BCUT2D eigenvalue weighted by molar-refractivity contribution is 0.185. The topological polar surface area (TPSA) is 0 Å². The number of hydrogen-bond donors (Lipinski definition) is 0. The molecule has 0 aromatic heterocycles. The van der Waals surface area contributed by atoms with Crippen LogP contribution >= 0.6 is 0 Å². The molecule has 1 aliphatic carbocycles. The van der Waals surface area contributed by atoms with E-state index in [-0.39, 0.29) is 0 Å². The van der Waals surface area contributed by atoms with E-state index in [9.17, 15) is 0 Å². The number of hydrogen-bond acceptors (Lipinski definition) is 0. The molecule has 0 radical (unpaired) electrons. The van der Waals surface area contributed by atoms with Crippen molar-refractivity contribution in [3.63, 3.8) is 0 Å². The summed E-state index contributed by atoms with van der Waals surface area (Å²) in [5.41, 5.74) is 0. The molecular weight excluding hydrogens is 108 g/mol. The molecule has 50 valence electrons. The van der Waals surface area contributed by atoms with Crippen molar-refractivity contribution in [3.8, 4) is 0 Å². The van der Waals surface area contributed by atoms with Crippen LogP contribution in [0.5, 0.6) is 0 Å². The van der Waals surface area contributed by atoms with Crippen molar-refractivity contribution >= 4 is 0 Å². The highest BCUT2D eigenvalue weighted by molar-refractivity contribution is 4.79. The van der Waals surface area contributed by atoms with Gasteiger partial charge in [0.05, 0.1) is 0 Å². The van der Waals surface area contributed by atoms with Gasteiger partial charge >= 0.3 is 0 Å². The van der Waals surface area contributed by atoms with Crippen LogP contribution in [0.1, 0.15) is 32.6 Å². The SMILES string of the molecule is [CH+]=CCCC1CCC1C. The van der Waals surface area contributed by atoms with Crippen LogP contribution in [0, 0.1) is 18.4 Å². The van der Waals surface area contributed by atoms with E-state index in [1.165, 1.54) is 19.3 Å². The summed E-state index contributed by atoms with van der Waals surface area (Å²) in [6, 6.07) is 0. The Morgan fingerprint density at radius 2 is 2.33 bits per heavy atom. The minimum Gasteiger partial charge on any atom is -0.0622 e. The van der Waals surface area contributed by atoms with E-state index >= 15 is 0 Å². The Hall–Kier alpha value is -0.350. The maximum absolute atomic E-state index is 5.28. The van der Waals surface area contributed by atoms with Gasteiger partial charge < -0.3 is 0 Å². The summed E-state index contributed by atoms with van der Waals surface area (Å²) in [4.78, 5) is 0. The van der Waals surface area contributed by atoms with Crippen LogP contribution < -0.4 is 0 Å². The minimum absolute atomic E-state index is 0.977. The Morgan fingerprint density at radius 1 is 1.56 bits per heavy atom. The van der Waals surface area contributed by atoms with E-state index in [2.05, 4.69) is 6.92 Å². The van der Waals surface area contributed by atoms with Gasteiger partial charge in [-0.1, -0.05) is 13.3 Å². The van der Waals surface area contributed by atoms with Gasteiger partial charge in [0.2, 0.25) is 6.58 Å². The van der Waals surface area contributed by atoms with Gasteiger partial charge in [0, 0.05) is 6.42 Å². The largest absolute Gasteiger partial charge is 0.201 e. The Balaban J connectivity index is 2.06. The van der Waals surface area contributed by atoms with E-state index in [4.69, 9.17) is 6.58 Å². The average Bonchev–Trinajstić information content (AvgIpc) is 1.86. The monoisotopic (exact) mass is 123 g/mol. The minimum atomic E-state index is 0.977.